The maximum atomic E-state index is 11.3. The molecular weight excluding hydrogens is 248 g/mol. The first-order valence-corrected chi connectivity index (χ1v) is 6.81. The van der Waals surface area contributed by atoms with Crippen molar-refractivity contribution in [3.8, 4) is 0 Å². The zero-order valence-corrected chi connectivity index (χ0v) is 10.8. The molecular formula is C10H15ClN2O2S. The van der Waals surface area contributed by atoms with Crippen LogP contribution < -0.4 is 10.5 Å². The van der Waals surface area contributed by atoms with Gasteiger partial charge in [0.25, 0.3) is 0 Å². The molecule has 0 saturated heterocycles. The second-order valence-electron chi connectivity index (χ2n) is 3.51. The Kier molecular flexibility index (Phi) is 4.32. The molecule has 0 unspecified atom stereocenters. The normalized spacial score (nSPS) is 11.8. The lowest BCUT2D eigenvalue weighted by Crippen LogP contribution is -2.17. The summed E-state index contributed by atoms with van der Waals surface area (Å²) in [6.45, 7) is 5.07. The minimum absolute atomic E-state index is 0.0907. The first-order chi connectivity index (χ1) is 7.36. The van der Waals surface area contributed by atoms with Crippen molar-refractivity contribution in [2.75, 3.05) is 6.54 Å². The fraction of sp³-hybridized carbons (Fsp3) is 0.400. The molecule has 0 aliphatic carbocycles. The van der Waals surface area contributed by atoms with E-state index in [1.165, 1.54) is 6.07 Å². The van der Waals surface area contributed by atoms with Gasteiger partial charge in [-0.1, -0.05) is 18.5 Å². The van der Waals surface area contributed by atoms with Crippen LogP contribution in [0.4, 0.5) is 0 Å². The van der Waals surface area contributed by atoms with E-state index in [1.807, 2.05) is 6.92 Å². The first kappa shape index (κ1) is 13.4. The van der Waals surface area contributed by atoms with Crippen LogP contribution in [-0.2, 0) is 16.6 Å². The van der Waals surface area contributed by atoms with Crippen LogP contribution in [0, 0.1) is 6.92 Å². The molecule has 4 nitrogen and oxygen atoms in total. The molecule has 0 radical (unpaired) electrons. The van der Waals surface area contributed by atoms with Gasteiger partial charge in [0, 0.05) is 11.6 Å². The Morgan fingerprint density at radius 1 is 1.44 bits per heavy atom. The number of nitrogens with two attached hydrogens (primary N) is 1. The number of hydrogen-bond acceptors (Lipinski definition) is 3. The quantitative estimate of drug-likeness (QED) is 0.862. The number of hydrogen-bond donors (Lipinski definition) is 2. The van der Waals surface area contributed by atoms with Gasteiger partial charge in [0.2, 0.25) is 10.0 Å². The molecule has 0 aromatic heterocycles. The van der Waals surface area contributed by atoms with Crippen molar-refractivity contribution in [1.82, 2.24) is 5.32 Å². The Morgan fingerprint density at radius 2 is 2.06 bits per heavy atom. The lowest BCUT2D eigenvalue weighted by atomic mass is 10.1. The van der Waals surface area contributed by atoms with Gasteiger partial charge in [0.05, 0.1) is 4.90 Å². The lowest BCUT2D eigenvalue weighted by molar-refractivity contribution is 0.596. The second kappa shape index (κ2) is 5.14. The van der Waals surface area contributed by atoms with E-state index in [0.717, 1.165) is 12.1 Å². The molecule has 90 valence electrons. The van der Waals surface area contributed by atoms with E-state index in [0.29, 0.717) is 17.1 Å². The van der Waals surface area contributed by atoms with Gasteiger partial charge in [-0.15, -0.1) is 0 Å². The number of primary sulfonamides is 1. The van der Waals surface area contributed by atoms with Gasteiger partial charge in [-0.05, 0) is 36.7 Å². The number of halogens is 1. The summed E-state index contributed by atoms with van der Waals surface area (Å²) >= 11 is 5.86. The van der Waals surface area contributed by atoms with Gasteiger partial charge < -0.3 is 5.32 Å². The van der Waals surface area contributed by atoms with E-state index in [-0.39, 0.29) is 4.90 Å². The number of benzene rings is 1. The molecule has 0 aliphatic heterocycles. The summed E-state index contributed by atoms with van der Waals surface area (Å²) in [5, 5.41) is 8.61. The summed E-state index contributed by atoms with van der Waals surface area (Å²) in [7, 11) is -3.72. The average molecular weight is 263 g/mol. The maximum absolute atomic E-state index is 11.3. The maximum Gasteiger partial charge on any atom is 0.238 e. The second-order valence-corrected chi connectivity index (χ2v) is 5.48. The SMILES string of the molecule is CCNCc1cc(Cl)cc(S(N)(=O)=O)c1C. The molecule has 0 aliphatic rings. The van der Waals surface area contributed by atoms with Gasteiger partial charge in [-0.25, -0.2) is 13.6 Å². The standard InChI is InChI=1S/C10H15ClN2O2S/c1-3-13-6-8-4-9(11)5-10(7(8)2)16(12,14)15/h4-5,13H,3,6H2,1-2H3,(H2,12,14,15). The average Bonchev–Trinajstić information content (AvgIpc) is 2.17. The van der Waals surface area contributed by atoms with Crippen molar-refractivity contribution >= 4 is 21.6 Å². The van der Waals surface area contributed by atoms with Crippen molar-refractivity contribution in [3.05, 3.63) is 28.3 Å². The minimum Gasteiger partial charge on any atom is -0.313 e. The Bertz CT molecular complexity index is 486. The van der Waals surface area contributed by atoms with Crippen LogP contribution >= 0.6 is 11.6 Å². The summed E-state index contributed by atoms with van der Waals surface area (Å²) < 4.78 is 22.7. The highest BCUT2D eigenvalue weighted by Gasteiger charge is 2.15. The Labute approximate surface area is 101 Å². The van der Waals surface area contributed by atoms with Crippen molar-refractivity contribution in [2.24, 2.45) is 5.14 Å². The Balaban J connectivity index is 3.27. The van der Waals surface area contributed by atoms with E-state index >= 15 is 0 Å². The van der Waals surface area contributed by atoms with E-state index in [4.69, 9.17) is 16.7 Å². The molecule has 3 N–H and O–H groups in total. The van der Waals surface area contributed by atoms with Crippen LogP contribution in [0.1, 0.15) is 18.1 Å². The fourth-order valence-corrected chi connectivity index (χ4v) is 2.60. The third-order valence-electron chi connectivity index (χ3n) is 2.30. The first-order valence-electron chi connectivity index (χ1n) is 4.88. The predicted molar refractivity (Wildman–Crippen MR) is 64.9 cm³/mol. The lowest BCUT2D eigenvalue weighted by Gasteiger charge is -2.11. The monoisotopic (exact) mass is 262 g/mol. The summed E-state index contributed by atoms with van der Waals surface area (Å²) in [6.07, 6.45) is 0. The molecule has 6 heteroatoms. The molecule has 16 heavy (non-hydrogen) atoms. The number of sulfonamides is 1. The molecule has 0 atom stereocenters. The van der Waals surface area contributed by atoms with Crippen LogP contribution in [0.3, 0.4) is 0 Å². The van der Waals surface area contributed by atoms with Crippen molar-refractivity contribution in [1.29, 1.82) is 0 Å². The third kappa shape index (κ3) is 3.18. The largest absolute Gasteiger partial charge is 0.313 e. The van der Waals surface area contributed by atoms with Gasteiger partial charge in [-0.3, -0.25) is 0 Å². The molecule has 0 saturated carbocycles. The zero-order valence-electron chi connectivity index (χ0n) is 9.25. The third-order valence-corrected chi connectivity index (χ3v) is 3.56. The summed E-state index contributed by atoms with van der Waals surface area (Å²) in [6, 6.07) is 3.12. The van der Waals surface area contributed by atoms with Gasteiger partial charge >= 0.3 is 0 Å². The molecule has 1 aromatic rings. The molecule has 0 spiro atoms. The van der Waals surface area contributed by atoms with E-state index < -0.39 is 10.0 Å². The van der Waals surface area contributed by atoms with Gasteiger partial charge in [0.15, 0.2) is 0 Å². The predicted octanol–water partition coefficient (Wildman–Crippen LogP) is 1.41. The molecule has 0 amide bonds. The molecule has 1 rings (SSSR count). The topological polar surface area (TPSA) is 72.2 Å². The zero-order chi connectivity index (χ0) is 12.3. The van der Waals surface area contributed by atoms with E-state index in [1.54, 1.807) is 13.0 Å². The Hall–Kier alpha value is -0.620. The van der Waals surface area contributed by atoms with Crippen LogP contribution in [0.25, 0.3) is 0 Å². The summed E-state index contributed by atoms with van der Waals surface area (Å²) in [5.41, 5.74) is 1.49. The summed E-state index contributed by atoms with van der Waals surface area (Å²) in [4.78, 5) is 0.0907. The van der Waals surface area contributed by atoms with Crippen LogP contribution in [0.5, 0.6) is 0 Å². The number of rotatable bonds is 4. The highest BCUT2D eigenvalue weighted by Crippen LogP contribution is 2.23. The van der Waals surface area contributed by atoms with Gasteiger partial charge in [0.1, 0.15) is 0 Å². The highest BCUT2D eigenvalue weighted by atomic mass is 35.5. The highest BCUT2D eigenvalue weighted by molar-refractivity contribution is 7.89. The summed E-state index contributed by atoms with van der Waals surface area (Å²) in [5.74, 6) is 0. The van der Waals surface area contributed by atoms with Crippen LogP contribution in [0.2, 0.25) is 5.02 Å². The molecule has 0 fully saturated rings. The minimum atomic E-state index is -3.72. The van der Waals surface area contributed by atoms with Crippen LogP contribution in [0.15, 0.2) is 17.0 Å². The van der Waals surface area contributed by atoms with E-state index in [2.05, 4.69) is 5.32 Å². The van der Waals surface area contributed by atoms with Gasteiger partial charge in [-0.2, -0.15) is 0 Å². The molecule has 1 aromatic carbocycles. The van der Waals surface area contributed by atoms with Crippen molar-refractivity contribution in [3.63, 3.8) is 0 Å². The van der Waals surface area contributed by atoms with Crippen molar-refractivity contribution in [2.45, 2.75) is 25.3 Å². The van der Waals surface area contributed by atoms with Crippen LogP contribution in [-0.4, -0.2) is 15.0 Å². The van der Waals surface area contributed by atoms with Crippen molar-refractivity contribution < 1.29 is 8.42 Å². The molecule has 0 heterocycles. The molecule has 0 bridgehead atoms. The fourth-order valence-electron chi connectivity index (χ4n) is 1.45. The smallest absolute Gasteiger partial charge is 0.238 e. The Morgan fingerprint density at radius 3 is 2.56 bits per heavy atom. The number of nitrogens with one attached hydrogen (secondary N) is 1. The van der Waals surface area contributed by atoms with E-state index in [9.17, 15) is 8.42 Å².